The molecule has 1 aromatic rings. The highest BCUT2D eigenvalue weighted by Gasteiger charge is 2.19. The zero-order valence-electron chi connectivity index (χ0n) is 13.8. The van der Waals surface area contributed by atoms with Crippen molar-refractivity contribution in [2.24, 2.45) is 11.1 Å². The van der Waals surface area contributed by atoms with Crippen LogP contribution in [0.1, 0.15) is 57.7 Å². The van der Waals surface area contributed by atoms with Gasteiger partial charge in [0, 0.05) is 6.04 Å². The van der Waals surface area contributed by atoms with Crippen molar-refractivity contribution in [2.45, 2.75) is 59.5 Å². The molecule has 0 spiro atoms. The molecule has 0 saturated heterocycles. The van der Waals surface area contributed by atoms with E-state index in [-0.39, 0.29) is 29.8 Å². The molecule has 0 aromatic heterocycles. The Morgan fingerprint density at radius 1 is 1.24 bits per heavy atom. The van der Waals surface area contributed by atoms with Crippen molar-refractivity contribution in [1.29, 1.82) is 0 Å². The van der Waals surface area contributed by atoms with Crippen molar-refractivity contribution in [3.63, 3.8) is 0 Å². The molecule has 0 aliphatic rings. The summed E-state index contributed by atoms with van der Waals surface area (Å²) < 4.78 is 0. The van der Waals surface area contributed by atoms with Gasteiger partial charge in [0.15, 0.2) is 0 Å². The molecule has 0 heterocycles. The first-order valence-electron chi connectivity index (χ1n) is 7.31. The third-order valence-corrected chi connectivity index (χ3v) is 3.43. The first-order chi connectivity index (χ1) is 9.19. The minimum absolute atomic E-state index is 0. The second-order valence-corrected chi connectivity index (χ2v) is 6.90. The van der Waals surface area contributed by atoms with Crippen molar-refractivity contribution in [3.8, 4) is 0 Å². The summed E-state index contributed by atoms with van der Waals surface area (Å²) in [6.45, 7) is 10.7. The van der Waals surface area contributed by atoms with E-state index in [0.717, 1.165) is 18.4 Å². The molecule has 1 aromatic carbocycles. The van der Waals surface area contributed by atoms with Crippen LogP contribution >= 0.6 is 12.4 Å². The van der Waals surface area contributed by atoms with Crippen LogP contribution in [-0.2, 0) is 4.79 Å². The Balaban J connectivity index is 0.00000400. The molecule has 2 unspecified atom stereocenters. The number of benzene rings is 1. The van der Waals surface area contributed by atoms with Crippen molar-refractivity contribution >= 4 is 18.3 Å². The molecule has 3 nitrogen and oxygen atoms in total. The van der Waals surface area contributed by atoms with Crippen molar-refractivity contribution < 1.29 is 4.79 Å². The summed E-state index contributed by atoms with van der Waals surface area (Å²) in [7, 11) is 0. The lowest BCUT2D eigenvalue weighted by Crippen LogP contribution is -2.39. The number of nitrogens with one attached hydrogen (secondary N) is 1. The maximum Gasteiger partial charge on any atom is 0.241 e. The predicted molar refractivity (Wildman–Crippen MR) is 91.6 cm³/mol. The molecule has 0 fully saturated rings. The molecular weight excluding hydrogens is 284 g/mol. The molecule has 4 heteroatoms. The second-order valence-electron chi connectivity index (χ2n) is 6.90. The second kappa shape index (κ2) is 8.40. The summed E-state index contributed by atoms with van der Waals surface area (Å²) >= 11 is 0. The summed E-state index contributed by atoms with van der Waals surface area (Å²) in [5.41, 5.74) is 8.32. The lowest BCUT2D eigenvalue weighted by Gasteiger charge is -2.22. The first kappa shape index (κ1) is 19.9. The number of nitrogens with two attached hydrogens (primary N) is 1. The van der Waals surface area contributed by atoms with E-state index >= 15 is 0 Å². The zero-order valence-corrected chi connectivity index (χ0v) is 14.6. The van der Waals surface area contributed by atoms with Gasteiger partial charge in [0.05, 0.1) is 0 Å². The van der Waals surface area contributed by atoms with Crippen LogP contribution in [0.25, 0.3) is 0 Å². The summed E-state index contributed by atoms with van der Waals surface area (Å²) in [5, 5.41) is 3.00. The van der Waals surface area contributed by atoms with Crippen LogP contribution in [0.5, 0.6) is 0 Å². The summed E-state index contributed by atoms with van der Waals surface area (Å²) in [6, 6.07) is 7.35. The Labute approximate surface area is 135 Å². The van der Waals surface area contributed by atoms with Crippen LogP contribution in [0.15, 0.2) is 24.3 Å². The molecule has 1 rings (SSSR count). The molecule has 21 heavy (non-hydrogen) atoms. The third kappa shape index (κ3) is 7.49. The van der Waals surface area contributed by atoms with E-state index in [0.29, 0.717) is 0 Å². The average Bonchev–Trinajstić information content (AvgIpc) is 2.35. The van der Waals surface area contributed by atoms with E-state index in [2.05, 4.69) is 26.1 Å². The van der Waals surface area contributed by atoms with Gasteiger partial charge in [0.25, 0.3) is 0 Å². The highest BCUT2D eigenvalue weighted by Crippen LogP contribution is 2.21. The number of hydrogen-bond donors (Lipinski definition) is 2. The fourth-order valence-electron chi connectivity index (χ4n) is 1.98. The number of rotatable bonds is 5. The molecular formula is C17H29ClN2O. The minimum Gasteiger partial charge on any atom is -0.352 e. The Hall–Kier alpha value is -1.06. The fourth-order valence-corrected chi connectivity index (χ4v) is 1.98. The Morgan fingerprint density at radius 2 is 1.76 bits per heavy atom. The van der Waals surface area contributed by atoms with E-state index in [1.807, 2.05) is 38.1 Å². The maximum absolute atomic E-state index is 12.1. The van der Waals surface area contributed by atoms with Crippen LogP contribution in [0.4, 0.5) is 0 Å². The highest BCUT2D eigenvalue weighted by atomic mass is 35.5. The highest BCUT2D eigenvalue weighted by molar-refractivity contribution is 5.85. The standard InChI is InChI=1S/C17H28N2O.ClH/c1-12-6-8-14(9-7-12)15(18)16(20)19-13(2)10-11-17(3,4)5;/h6-9,13,15H,10-11,18H2,1-5H3,(H,19,20);1H. The van der Waals surface area contributed by atoms with Crippen LogP contribution in [0, 0.1) is 12.3 Å². The number of amides is 1. The van der Waals surface area contributed by atoms with Gasteiger partial charge >= 0.3 is 0 Å². The normalized spacial score (nSPS) is 14.0. The van der Waals surface area contributed by atoms with Crippen LogP contribution in [0.2, 0.25) is 0 Å². The van der Waals surface area contributed by atoms with Crippen molar-refractivity contribution in [1.82, 2.24) is 5.32 Å². The van der Waals surface area contributed by atoms with Gasteiger partial charge in [-0.1, -0.05) is 50.6 Å². The van der Waals surface area contributed by atoms with Gasteiger partial charge < -0.3 is 11.1 Å². The molecule has 0 saturated carbocycles. The van der Waals surface area contributed by atoms with Crippen molar-refractivity contribution in [3.05, 3.63) is 35.4 Å². The molecule has 2 atom stereocenters. The predicted octanol–water partition coefficient (Wildman–Crippen LogP) is 3.75. The molecule has 0 aliphatic heterocycles. The van der Waals surface area contributed by atoms with Gasteiger partial charge in [-0.25, -0.2) is 0 Å². The quantitative estimate of drug-likeness (QED) is 0.870. The Kier molecular flexibility index (Phi) is 7.98. The van der Waals surface area contributed by atoms with Gasteiger partial charge in [-0.3, -0.25) is 4.79 Å². The molecule has 3 N–H and O–H groups in total. The van der Waals surface area contributed by atoms with E-state index in [4.69, 9.17) is 5.73 Å². The summed E-state index contributed by atoms with van der Waals surface area (Å²) in [5.74, 6) is -0.102. The number of hydrogen-bond acceptors (Lipinski definition) is 2. The van der Waals surface area contributed by atoms with Crippen molar-refractivity contribution in [2.75, 3.05) is 0 Å². The van der Waals surface area contributed by atoms with E-state index < -0.39 is 6.04 Å². The van der Waals surface area contributed by atoms with E-state index in [1.54, 1.807) is 0 Å². The lowest BCUT2D eigenvalue weighted by atomic mass is 9.89. The fraction of sp³-hybridized carbons (Fsp3) is 0.588. The zero-order chi connectivity index (χ0) is 15.3. The van der Waals surface area contributed by atoms with Gasteiger partial charge in [-0.2, -0.15) is 0 Å². The Bertz CT molecular complexity index is 437. The number of carbonyl (C=O) groups excluding carboxylic acids is 1. The molecule has 120 valence electrons. The largest absolute Gasteiger partial charge is 0.352 e. The summed E-state index contributed by atoms with van der Waals surface area (Å²) in [6.07, 6.45) is 2.05. The van der Waals surface area contributed by atoms with Crippen LogP contribution in [0.3, 0.4) is 0 Å². The monoisotopic (exact) mass is 312 g/mol. The third-order valence-electron chi connectivity index (χ3n) is 3.43. The molecule has 0 radical (unpaired) electrons. The van der Waals surface area contributed by atoms with Crippen LogP contribution in [-0.4, -0.2) is 11.9 Å². The smallest absolute Gasteiger partial charge is 0.241 e. The molecule has 1 amide bonds. The maximum atomic E-state index is 12.1. The van der Waals surface area contributed by atoms with Gasteiger partial charge in [0.2, 0.25) is 5.91 Å². The van der Waals surface area contributed by atoms with E-state index in [1.165, 1.54) is 5.56 Å². The number of carbonyl (C=O) groups is 1. The SMILES string of the molecule is Cc1ccc(C(N)C(=O)NC(C)CCC(C)(C)C)cc1.Cl. The number of halogens is 1. The topological polar surface area (TPSA) is 55.1 Å². The van der Waals surface area contributed by atoms with Gasteiger partial charge in [0.1, 0.15) is 6.04 Å². The Morgan fingerprint density at radius 3 is 2.24 bits per heavy atom. The molecule has 0 aliphatic carbocycles. The van der Waals surface area contributed by atoms with Gasteiger partial charge in [-0.15, -0.1) is 12.4 Å². The van der Waals surface area contributed by atoms with Crippen LogP contribution < -0.4 is 11.1 Å². The average molecular weight is 313 g/mol. The lowest BCUT2D eigenvalue weighted by molar-refractivity contribution is -0.123. The molecule has 0 bridgehead atoms. The minimum atomic E-state index is -0.590. The first-order valence-corrected chi connectivity index (χ1v) is 7.31. The van der Waals surface area contributed by atoms with E-state index in [9.17, 15) is 4.79 Å². The summed E-state index contributed by atoms with van der Waals surface area (Å²) in [4.78, 5) is 12.1. The van der Waals surface area contributed by atoms with Gasteiger partial charge in [-0.05, 0) is 37.7 Å². The number of aryl methyl sites for hydroxylation is 1.